The molecule has 0 saturated heterocycles. The molecule has 0 fully saturated rings. The zero-order valence-electron chi connectivity index (χ0n) is 20.6. The number of benzene rings is 2. The Hall–Kier alpha value is -1.61. The van der Waals surface area contributed by atoms with Gasteiger partial charge in [0.25, 0.3) is 0 Å². The quantitative estimate of drug-likeness (QED) is 0.335. The highest BCUT2D eigenvalue weighted by molar-refractivity contribution is 5.48. The second kappa shape index (κ2) is 15.3. The molecule has 0 aromatic heterocycles. The van der Waals surface area contributed by atoms with Gasteiger partial charge < -0.3 is 22.0 Å². The third kappa shape index (κ3) is 10.8. The topological polar surface area (TPSA) is 20.2 Å². The van der Waals surface area contributed by atoms with E-state index in [1.165, 1.54) is 49.7 Å². The molecule has 2 aromatic carbocycles. The minimum absolute atomic E-state index is 0. The molecule has 32 heavy (non-hydrogen) atoms. The van der Waals surface area contributed by atoms with Crippen LogP contribution in [-0.2, 0) is 6.42 Å². The smallest absolute Gasteiger partial charge is 0.0972 e. The van der Waals surface area contributed by atoms with Gasteiger partial charge in [0.1, 0.15) is 0 Å². The minimum Gasteiger partial charge on any atom is -1.00 e. The van der Waals surface area contributed by atoms with Crippen LogP contribution >= 0.6 is 0 Å². The number of aryl methyl sites for hydroxylation is 1. The van der Waals surface area contributed by atoms with Gasteiger partial charge in [0, 0.05) is 5.92 Å². The van der Waals surface area contributed by atoms with Gasteiger partial charge in [0.2, 0.25) is 0 Å². The molecule has 2 rings (SSSR count). The lowest BCUT2D eigenvalue weighted by atomic mass is 9.94. The summed E-state index contributed by atoms with van der Waals surface area (Å²) < 4.78 is 0.859. The van der Waals surface area contributed by atoms with Crippen LogP contribution in [0, 0.1) is 5.92 Å². The molecule has 0 radical (unpaired) electrons. The van der Waals surface area contributed by atoms with E-state index in [9.17, 15) is 5.11 Å². The number of rotatable bonds is 14. The lowest BCUT2D eigenvalue weighted by Gasteiger charge is -2.33. The van der Waals surface area contributed by atoms with Crippen LogP contribution in [0.5, 0.6) is 0 Å². The average Bonchev–Trinajstić information content (AvgIpc) is 2.76. The third-order valence-corrected chi connectivity index (χ3v) is 6.17. The van der Waals surface area contributed by atoms with Gasteiger partial charge in [-0.2, -0.15) is 0 Å². The number of quaternary nitrogens is 1. The molecule has 2 unspecified atom stereocenters. The molecule has 1 N–H and O–H groups in total. The lowest BCUT2D eigenvalue weighted by Crippen LogP contribution is -3.00. The first-order chi connectivity index (χ1) is 14.9. The molecule has 0 spiro atoms. The Bertz CT molecular complexity index is 754. The molecule has 0 aliphatic heterocycles. The Kier molecular flexibility index (Phi) is 13.6. The standard InChI is InChI=1S/C29H44NO.ClH/c1-5-6-7-8-9-11-17-27-19-21-28(22-20-27)29(31)25(2)24-30(3,4)23-14-18-26-15-12-10-13-16-26;/h10,12-16,18-22,25,29,31H,5-9,11,17,23-24H2,1-4H3;1H/q+1;/p-1/b18-14+;. The number of aliphatic hydroxyl groups excluding tert-OH is 1. The number of halogens is 1. The Labute approximate surface area is 203 Å². The predicted molar refractivity (Wildman–Crippen MR) is 135 cm³/mol. The first kappa shape index (κ1) is 28.4. The van der Waals surface area contributed by atoms with E-state index in [0.717, 1.165) is 29.6 Å². The van der Waals surface area contributed by atoms with Crippen LogP contribution in [0.4, 0.5) is 0 Å². The van der Waals surface area contributed by atoms with Gasteiger partial charge >= 0.3 is 0 Å². The van der Waals surface area contributed by atoms with Gasteiger partial charge in [-0.3, -0.25) is 0 Å². The molecule has 0 heterocycles. The molecule has 0 bridgehead atoms. The number of nitrogens with zero attached hydrogens (tertiary/aromatic N) is 1. The number of aliphatic hydroxyl groups is 1. The number of hydrogen-bond donors (Lipinski definition) is 1. The van der Waals surface area contributed by atoms with E-state index in [2.05, 4.69) is 88.6 Å². The highest BCUT2D eigenvalue weighted by Crippen LogP contribution is 2.25. The fraction of sp³-hybridized carbons (Fsp3) is 0.517. The van der Waals surface area contributed by atoms with Crippen LogP contribution in [0.25, 0.3) is 6.08 Å². The van der Waals surface area contributed by atoms with Crippen LogP contribution < -0.4 is 12.4 Å². The van der Waals surface area contributed by atoms with Crippen molar-refractivity contribution in [3.63, 3.8) is 0 Å². The molecule has 3 heteroatoms. The van der Waals surface area contributed by atoms with Crippen molar-refractivity contribution < 1.29 is 22.0 Å². The fourth-order valence-electron chi connectivity index (χ4n) is 4.31. The maximum atomic E-state index is 10.9. The number of unbranched alkanes of at least 4 members (excludes halogenated alkanes) is 5. The summed E-state index contributed by atoms with van der Waals surface area (Å²) in [5, 5.41) is 10.9. The Balaban J connectivity index is 0.00000512. The molecule has 2 aromatic rings. The molecule has 2 nitrogen and oxygen atoms in total. The summed E-state index contributed by atoms with van der Waals surface area (Å²) >= 11 is 0. The van der Waals surface area contributed by atoms with Gasteiger partial charge in [-0.15, -0.1) is 0 Å². The monoisotopic (exact) mass is 457 g/mol. The first-order valence-corrected chi connectivity index (χ1v) is 12.2. The summed E-state index contributed by atoms with van der Waals surface area (Å²) in [5.74, 6) is 0.199. The van der Waals surface area contributed by atoms with E-state index in [4.69, 9.17) is 0 Å². The Morgan fingerprint density at radius 2 is 1.50 bits per heavy atom. The van der Waals surface area contributed by atoms with Gasteiger partial charge in [0.15, 0.2) is 0 Å². The van der Waals surface area contributed by atoms with Crippen LogP contribution in [0.2, 0.25) is 0 Å². The van der Waals surface area contributed by atoms with E-state index in [1.54, 1.807) is 0 Å². The van der Waals surface area contributed by atoms with Crippen molar-refractivity contribution in [2.45, 2.75) is 64.9 Å². The maximum Gasteiger partial charge on any atom is 0.0972 e. The van der Waals surface area contributed by atoms with Crippen molar-refractivity contribution in [1.29, 1.82) is 0 Å². The molecule has 0 amide bonds. The molecular formula is C29H44ClNO. The van der Waals surface area contributed by atoms with Crippen molar-refractivity contribution in [2.24, 2.45) is 5.92 Å². The SMILES string of the molecule is CCCCCCCCc1ccc(C(O)C(C)C[N+](C)(C)C/C=C/c2ccccc2)cc1.[Cl-]. The molecule has 0 aliphatic rings. The van der Waals surface area contributed by atoms with E-state index in [-0.39, 0.29) is 18.3 Å². The number of hydrogen-bond acceptors (Lipinski definition) is 1. The summed E-state index contributed by atoms with van der Waals surface area (Å²) in [7, 11) is 4.48. The van der Waals surface area contributed by atoms with Crippen LogP contribution in [0.1, 0.15) is 75.2 Å². The zero-order chi connectivity index (χ0) is 22.5. The average molecular weight is 458 g/mol. The second-order valence-corrected chi connectivity index (χ2v) is 9.80. The first-order valence-electron chi connectivity index (χ1n) is 12.2. The van der Waals surface area contributed by atoms with E-state index < -0.39 is 6.10 Å². The molecule has 2 atom stereocenters. The van der Waals surface area contributed by atoms with Crippen LogP contribution in [0.15, 0.2) is 60.7 Å². The van der Waals surface area contributed by atoms with E-state index >= 15 is 0 Å². The summed E-state index contributed by atoms with van der Waals surface area (Å²) in [4.78, 5) is 0. The van der Waals surface area contributed by atoms with Crippen molar-refractivity contribution >= 4 is 6.08 Å². The van der Waals surface area contributed by atoms with Crippen molar-refractivity contribution in [3.8, 4) is 0 Å². The summed E-state index contributed by atoms with van der Waals surface area (Å²) in [6.45, 7) is 6.30. The van der Waals surface area contributed by atoms with Crippen molar-refractivity contribution in [3.05, 3.63) is 77.4 Å². The van der Waals surface area contributed by atoms with Crippen molar-refractivity contribution in [1.82, 2.24) is 0 Å². The van der Waals surface area contributed by atoms with E-state index in [0.29, 0.717) is 0 Å². The Morgan fingerprint density at radius 3 is 2.16 bits per heavy atom. The van der Waals surface area contributed by atoms with Gasteiger partial charge in [-0.05, 0) is 35.6 Å². The van der Waals surface area contributed by atoms with E-state index in [1.807, 2.05) is 6.07 Å². The van der Waals surface area contributed by atoms with Gasteiger partial charge in [-0.1, -0.05) is 107 Å². The molecular weight excluding hydrogens is 414 g/mol. The third-order valence-electron chi connectivity index (χ3n) is 6.17. The zero-order valence-corrected chi connectivity index (χ0v) is 21.4. The maximum absolute atomic E-state index is 10.9. The molecule has 178 valence electrons. The molecule has 0 saturated carbocycles. The van der Waals surface area contributed by atoms with Crippen molar-refractivity contribution in [2.75, 3.05) is 27.2 Å². The van der Waals surface area contributed by atoms with Gasteiger partial charge in [-0.25, -0.2) is 0 Å². The van der Waals surface area contributed by atoms with Crippen LogP contribution in [0.3, 0.4) is 0 Å². The molecule has 0 aliphatic carbocycles. The fourth-order valence-corrected chi connectivity index (χ4v) is 4.31. The normalized spacial score (nSPS) is 13.7. The second-order valence-electron chi connectivity index (χ2n) is 9.80. The summed E-state index contributed by atoms with van der Waals surface area (Å²) in [6, 6.07) is 19.1. The largest absolute Gasteiger partial charge is 1.00 e. The number of likely N-dealkylation sites (N-methyl/N-ethyl adjacent to an activating group) is 1. The highest BCUT2D eigenvalue weighted by Gasteiger charge is 2.24. The van der Waals surface area contributed by atoms with Gasteiger partial charge in [0.05, 0.1) is 33.3 Å². The highest BCUT2D eigenvalue weighted by atomic mass is 35.5. The van der Waals surface area contributed by atoms with Crippen LogP contribution in [-0.4, -0.2) is 36.8 Å². The minimum atomic E-state index is -0.418. The lowest BCUT2D eigenvalue weighted by molar-refractivity contribution is -0.888. The Morgan fingerprint density at radius 1 is 0.875 bits per heavy atom. The predicted octanol–water partition coefficient (Wildman–Crippen LogP) is 4.05. The summed E-state index contributed by atoms with van der Waals surface area (Å²) in [6.07, 6.45) is 13.2. The summed E-state index contributed by atoms with van der Waals surface area (Å²) in [5.41, 5.74) is 3.66.